The SMILES string of the molecule is COC(=O)c1cccc2c1OC(C)(C)C2. The Morgan fingerprint density at radius 2 is 2.20 bits per heavy atom. The van der Waals surface area contributed by atoms with Crippen LogP contribution in [0.25, 0.3) is 0 Å². The van der Waals surface area contributed by atoms with E-state index in [0.29, 0.717) is 11.3 Å². The number of para-hydroxylation sites is 1. The van der Waals surface area contributed by atoms with Crippen molar-refractivity contribution in [2.24, 2.45) is 0 Å². The summed E-state index contributed by atoms with van der Waals surface area (Å²) in [6, 6.07) is 5.57. The van der Waals surface area contributed by atoms with Crippen LogP contribution in [0.5, 0.6) is 5.75 Å². The first-order valence-corrected chi connectivity index (χ1v) is 4.93. The zero-order valence-corrected chi connectivity index (χ0v) is 9.16. The highest BCUT2D eigenvalue weighted by Gasteiger charge is 2.33. The average Bonchev–Trinajstić information content (AvgIpc) is 2.49. The van der Waals surface area contributed by atoms with Crippen molar-refractivity contribution in [3.63, 3.8) is 0 Å². The molecule has 0 aromatic heterocycles. The molecule has 3 nitrogen and oxygen atoms in total. The minimum Gasteiger partial charge on any atom is -0.486 e. The van der Waals surface area contributed by atoms with E-state index in [1.807, 2.05) is 26.0 Å². The van der Waals surface area contributed by atoms with Gasteiger partial charge in [0.05, 0.1) is 7.11 Å². The van der Waals surface area contributed by atoms with Crippen molar-refractivity contribution in [3.05, 3.63) is 29.3 Å². The lowest BCUT2D eigenvalue weighted by Crippen LogP contribution is -2.25. The van der Waals surface area contributed by atoms with E-state index in [2.05, 4.69) is 0 Å². The quantitative estimate of drug-likeness (QED) is 0.661. The van der Waals surface area contributed by atoms with E-state index in [4.69, 9.17) is 9.47 Å². The van der Waals surface area contributed by atoms with Crippen molar-refractivity contribution in [2.75, 3.05) is 7.11 Å². The van der Waals surface area contributed by atoms with Crippen LogP contribution >= 0.6 is 0 Å². The smallest absolute Gasteiger partial charge is 0.341 e. The van der Waals surface area contributed by atoms with E-state index >= 15 is 0 Å². The minimum absolute atomic E-state index is 0.230. The summed E-state index contributed by atoms with van der Waals surface area (Å²) in [5.74, 6) is 0.332. The molecule has 1 aromatic rings. The number of hydrogen-bond acceptors (Lipinski definition) is 3. The lowest BCUT2D eigenvalue weighted by Gasteiger charge is -2.17. The second kappa shape index (κ2) is 3.26. The number of carbonyl (C=O) groups is 1. The summed E-state index contributed by atoms with van der Waals surface area (Å²) in [6.07, 6.45) is 0.827. The van der Waals surface area contributed by atoms with Gasteiger partial charge in [0.1, 0.15) is 16.9 Å². The van der Waals surface area contributed by atoms with Gasteiger partial charge in [-0.05, 0) is 25.5 Å². The van der Waals surface area contributed by atoms with E-state index in [1.54, 1.807) is 6.07 Å². The molecule has 15 heavy (non-hydrogen) atoms. The third kappa shape index (κ3) is 1.69. The molecule has 0 radical (unpaired) electrons. The molecule has 1 aliphatic heterocycles. The van der Waals surface area contributed by atoms with Gasteiger partial charge >= 0.3 is 5.97 Å². The van der Waals surface area contributed by atoms with Gasteiger partial charge in [-0.1, -0.05) is 12.1 Å². The molecule has 0 bridgehead atoms. The molecular formula is C12H14O3. The zero-order chi connectivity index (χ0) is 11.1. The maximum absolute atomic E-state index is 11.5. The Hall–Kier alpha value is -1.51. The van der Waals surface area contributed by atoms with E-state index < -0.39 is 0 Å². The van der Waals surface area contributed by atoms with E-state index in [0.717, 1.165) is 12.0 Å². The number of benzene rings is 1. The summed E-state index contributed by atoms with van der Waals surface area (Å²) in [5.41, 5.74) is 1.36. The van der Waals surface area contributed by atoms with Gasteiger partial charge in [-0.3, -0.25) is 0 Å². The van der Waals surface area contributed by atoms with Gasteiger partial charge in [-0.15, -0.1) is 0 Å². The molecule has 80 valence electrons. The van der Waals surface area contributed by atoms with E-state index in [-0.39, 0.29) is 11.6 Å². The number of fused-ring (bicyclic) bond motifs is 1. The second-order valence-corrected chi connectivity index (χ2v) is 4.32. The summed E-state index contributed by atoms with van der Waals surface area (Å²) < 4.78 is 10.5. The first-order chi connectivity index (χ1) is 7.03. The lowest BCUT2D eigenvalue weighted by molar-refractivity contribution is 0.0590. The maximum Gasteiger partial charge on any atom is 0.341 e. The van der Waals surface area contributed by atoms with Gasteiger partial charge < -0.3 is 9.47 Å². The van der Waals surface area contributed by atoms with Gasteiger partial charge in [0.2, 0.25) is 0 Å². The Kier molecular flexibility index (Phi) is 2.18. The summed E-state index contributed by atoms with van der Waals surface area (Å²) in [6.45, 7) is 4.02. The molecule has 0 saturated carbocycles. The van der Waals surface area contributed by atoms with Crippen molar-refractivity contribution in [2.45, 2.75) is 25.9 Å². The van der Waals surface area contributed by atoms with Crippen LogP contribution in [0, 0.1) is 0 Å². The molecule has 1 aliphatic rings. The molecule has 0 aliphatic carbocycles. The number of hydrogen-bond donors (Lipinski definition) is 0. The Morgan fingerprint density at radius 1 is 1.47 bits per heavy atom. The predicted molar refractivity (Wildman–Crippen MR) is 56.2 cm³/mol. The second-order valence-electron chi connectivity index (χ2n) is 4.32. The zero-order valence-electron chi connectivity index (χ0n) is 9.16. The number of rotatable bonds is 1. The van der Waals surface area contributed by atoms with Crippen molar-refractivity contribution < 1.29 is 14.3 Å². The first-order valence-electron chi connectivity index (χ1n) is 4.93. The van der Waals surface area contributed by atoms with Gasteiger partial charge in [-0.25, -0.2) is 4.79 Å². The largest absolute Gasteiger partial charge is 0.486 e. The fourth-order valence-electron chi connectivity index (χ4n) is 1.89. The van der Waals surface area contributed by atoms with Crippen LogP contribution < -0.4 is 4.74 Å². The summed E-state index contributed by atoms with van der Waals surface area (Å²) in [5, 5.41) is 0. The normalized spacial score (nSPS) is 16.7. The highest BCUT2D eigenvalue weighted by atomic mass is 16.5. The topological polar surface area (TPSA) is 35.5 Å². The number of methoxy groups -OCH3 is 1. The van der Waals surface area contributed by atoms with Gasteiger partial charge in [0, 0.05) is 6.42 Å². The third-order valence-corrected chi connectivity index (χ3v) is 2.50. The molecular weight excluding hydrogens is 192 g/mol. The minimum atomic E-state index is -0.343. The molecule has 0 saturated heterocycles. The van der Waals surface area contributed by atoms with E-state index in [1.165, 1.54) is 7.11 Å². The van der Waals surface area contributed by atoms with Crippen LogP contribution in [0.4, 0.5) is 0 Å². The lowest BCUT2D eigenvalue weighted by atomic mass is 10.0. The van der Waals surface area contributed by atoms with Gasteiger partial charge in [0.25, 0.3) is 0 Å². The highest BCUT2D eigenvalue weighted by Crippen LogP contribution is 2.37. The van der Waals surface area contributed by atoms with Gasteiger partial charge in [0.15, 0.2) is 0 Å². The van der Waals surface area contributed by atoms with Crippen molar-refractivity contribution in [1.82, 2.24) is 0 Å². The molecule has 1 heterocycles. The third-order valence-electron chi connectivity index (χ3n) is 2.50. The molecule has 3 heteroatoms. The Balaban J connectivity index is 2.46. The number of carbonyl (C=O) groups excluding carboxylic acids is 1. The van der Waals surface area contributed by atoms with Crippen LogP contribution in [0.1, 0.15) is 29.8 Å². The van der Waals surface area contributed by atoms with Crippen LogP contribution in [0.15, 0.2) is 18.2 Å². The Bertz CT molecular complexity index is 407. The molecule has 0 atom stereocenters. The van der Waals surface area contributed by atoms with Crippen LogP contribution in [-0.4, -0.2) is 18.7 Å². The van der Waals surface area contributed by atoms with Crippen LogP contribution in [-0.2, 0) is 11.2 Å². The fraction of sp³-hybridized carbons (Fsp3) is 0.417. The average molecular weight is 206 g/mol. The number of ether oxygens (including phenoxy) is 2. The molecule has 0 fully saturated rings. The Labute approximate surface area is 89.0 Å². The van der Waals surface area contributed by atoms with Crippen LogP contribution in [0.3, 0.4) is 0 Å². The summed E-state index contributed by atoms with van der Waals surface area (Å²) in [4.78, 5) is 11.5. The monoisotopic (exact) mass is 206 g/mol. The molecule has 0 N–H and O–H groups in total. The molecule has 2 rings (SSSR count). The predicted octanol–water partition coefficient (Wildman–Crippen LogP) is 2.19. The highest BCUT2D eigenvalue weighted by molar-refractivity contribution is 5.93. The summed E-state index contributed by atoms with van der Waals surface area (Å²) >= 11 is 0. The van der Waals surface area contributed by atoms with Gasteiger partial charge in [-0.2, -0.15) is 0 Å². The maximum atomic E-state index is 11.5. The van der Waals surface area contributed by atoms with Crippen molar-refractivity contribution in [3.8, 4) is 5.75 Å². The Morgan fingerprint density at radius 3 is 2.87 bits per heavy atom. The van der Waals surface area contributed by atoms with Crippen molar-refractivity contribution in [1.29, 1.82) is 0 Å². The molecule has 1 aromatic carbocycles. The van der Waals surface area contributed by atoms with Crippen LogP contribution in [0.2, 0.25) is 0 Å². The molecule has 0 unspecified atom stereocenters. The number of esters is 1. The van der Waals surface area contributed by atoms with Crippen molar-refractivity contribution >= 4 is 5.97 Å². The van der Waals surface area contributed by atoms with E-state index in [9.17, 15) is 4.79 Å². The fourth-order valence-corrected chi connectivity index (χ4v) is 1.89. The first kappa shape index (κ1) is 10.0. The molecule has 0 amide bonds. The standard InChI is InChI=1S/C12H14O3/c1-12(2)7-8-5-4-6-9(10(8)15-12)11(13)14-3/h4-6H,7H2,1-3H3. The summed E-state index contributed by atoms with van der Waals surface area (Å²) in [7, 11) is 1.38. The molecule has 0 spiro atoms.